The Balaban J connectivity index is 3.52. The fourth-order valence-corrected chi connectivity index (χ4v) is 2.20. The SMILES string of the molecule is CCCCCCCCC(=O)CCC(=O)OCCOC(=O)CCC(C)=O. The zero-order chi connectivity index (χ0) is 18.9. The monoisotopic (exact) mass is 356 g/mol. The second-order valence-electron chi connectivity index (χ2n) is 6.20. The minimum absolute atomic E-state index is 0.0315. The van der Waals surface area contributed by atoms with Gasteiger partial charge in [0.2, 0.25) is 0 Å². The Morgan fingerprint density at radius 1 is 0.640 bits per heavy atom. The molecule has 0 spiro atoms. The van der Waals surface area contributed by atoms with Crippen molar-refractivity contribution in [2.45, 2.75) is 84.5 Å². The lowest BCUT2D eigenvalue weighted by atomic mass is 10.1. The van der Waals surface area contributed by atoms with Gasteiger partial charge in [-0.05, 0) is 13.3 Å². The number of ketones is 2. The van der Waals surface area contributed by atoms with Gasteiger partial charge in [0.25, 0.3) is 0 Å². The van der Waals surface area contributed by atoms with Crippen LogP contribution in [0.15, 0.2) is 0 Å². The number of unbranched alkanes of at least 4 members (excludes halogenated alkanes) is 5. The van der Waals surface area contributed by atoms with Gasteiger partial charge in [0.15, 0.2) is 0 Å². The van der Waals surface area contributed by atoms with Crippen molar-refractivity contribution in [3.05, 3.63) is 0 Å². The number of rotatable bonds is 16. The van der Waals surface area contributed by atoms with Gasteiger partial charge in [0.05, 0.1) is 12.8 Å². The van der Waals surface area contributed by atoms with Gasteiger partial charge in [-0.2, -0.15) is 0 Å². The summed E-state index contributed by atoms with van der Waals surface area (Å²) in [7, 11) is 0. The first-order valence-electron chi connectivity index (χ1n) is 9.28. The van der Waals surface area contributed by atoms with Crippen molar-refractivity contribution >= 4 is 23.5 Å². The summed E-state index contributed by atoms with van der Waals surface area (Å²) in [5.41, 5.74) is 0. The molecule has 0 unspecified atom stereocenters. The van der Waals surface area contributed by atoms with Crippen LogP contribution in [-0.4, -0.2) is 36.7 Å². The van der Waals surface area contributed by atoms with Crippen LogP contribution in [0.4, 0.5) is 0 Å². The van der Waals surface area contributed by atoms with Gasteiger partial charge >= 0.3 is 11.9 Å². The number of esters is 2. The van der Waals surface area contributed by atoms with Crippen molar-refractivity contribution in [2.75, 3.05) is 13.2 Å². The van der Waals surface area contributed by atoms with Crippen LogP contribution in [-0.2, 0) is 28.7 Å². The average molecular weight is 356 g/mol. The molecule has 0 aromatic carbocycles. The van der Waals surface area contributed by atoms with E-state index in [0.29, 0.717) is 6.42 Å². The highest BCUT2D eigenvalue weighted by Crippen LogP contribution is 2.09. The minimum atomic E-state index is -0.486. The molecule has 144 valence electrons. The van der Waals surface area contributed by atoms with Crippen molar-refractivity contribution in [1.29, 1.82) is 0 Å². The highest BCUT2D eigenvalue weighted by molar-refractivity contribution is 5.83. The molecule has 0 rings (SSSR count). The molecule has 0 amide bonds. The Hall–Kier alpha value is -1.72. The van der Waals surface area contributed by atoms with Crippen molar-refractivity contribution in [3.8, 4) is 0 Å². The molecule has 0 N–H and O–H groups in total. The molecular weight excluding hydrogens is 324 g/mol. The zero-order valence-corrected chi connectivity index (χ0v) is 15.6. The summed E-state index contributed by atoms with van der Waals surface area (Å²) in [5, 5.41) is 0. The molecule has 0 saturated carbocycles. The summed E-state index contributed by atoms with van der Waals surface area (Å²) in [6.45, 7) is 3.51. The van der Waals surface area contributed by atoms with Gasteiger partial charge in [0.1, 0.15) is 24.8 Å². The number of ether oxygens (including phenoxy) is 2. The van der Waals surface area contributed by atoms with Crippen LogP contribution >= 0.6 is 0 Å². The Kier molecular flexibility index (Phi) is 14.7. The van der Waals surface area contributed by atoms with Crippen LogP contribution in [0.3, 0.4) is 0 Å². The molecule has 0 heterocycles. The van der Waals surface area contributed by atoms with Crippen LogP contribution in [0.2, 0.25) is 0 Å². The number of carbonyl (C=O) groups is 4. The predicted molar refractivity (Wildman–Crippen MR) is 94.1 cm³/mol. The highest BCUT2D eigenvalue weighted by atomic mass is 16.6. The molecule has 0 aliphatic carbocycles. The Morgan fingerprint density at radius 3 is 1.72 bits per heavy atom. The van der Waals surface area contributed by atoms with Gasteiger partial charge in [-0.1, -0.05) is 39.0 Å². The van der Waals surface area contributed by atoms with E-state index in [9.17, 15) is 19.2 Å². The van der Waals surface area contributed by atoms with Crippen LogP contribution in [0.1, 0.15) is 84.5 Å². The van der Waals surface area contributed by atoms with Crippen LogP contribution in [0, 0.1) is 0 Å². The van der Waals surface area contributed by atoms with Gasteiger partial charge in [-0.3, -0.25) is 14.4 Å². The summed E-state index contributed by atoms with van der Waals surface area (Å²) in [5.74, 6) is -0.937. The molecule has 0 bridgehead atoms. The molecular formula is C19H32O6. The Labute approximate surface area is 150 Å². The van der Waals surface area contributed by atoms with E-state index < -0.39 is 11.9 Å². The van der Waals surface area contributed by atoms with Gasteiger partial charge < -0.3 is 14.3 Å². The first kappa shape index (κ1) is 23.3. The third-order valence-electron chi connectivity index (χ3n) is 3.71. The molecule has 25 heavy (non-hydrogen) atoms. The molecule has 0 radical (unpaired) electrons. The molecule has 0 aliphatic rings. The minimum Gasteiger partial charge on any atom is -0.462 e. The molecule has 0 fully saturated rings. The quantitative estimate of drug-likeness (QED) is 0.310. The summed E-state index contributed by atoms with van der Waals surface area (Å²) in [6.07, 6.45) is 7.75. The summed E-state index contributed by atoms with van der Waals surface area (Å²) < 4.78 is 9.73. The molecule has 0 aromatic heterocycles. The average Bonchev–Trinajstić information content (AvgIpc) is 2.58. The van der Waals surface area contributed by atoms with E-state index in [-0.39, 0.29) is 50.5 Å². The Bertz CT molecular complexity index is 416. The second kappa shape index (κ2) is 15.8. The normalized spacial score (nSPS) is 10.3. The fraction of sp³-hybridized carbons (Fsp3) is 0.789. The maximum absolute atomic E-state index is 11.7. The molecule has 0 atom stereocenters. The first-order valence-corrected chi connectivity index (χ1v) is 9.28. The second-order valence-corrected chi connectivity index (χ2v) is 6.20. The van der Waals surface area contributed by atoms with Crippen molar-refractivity contribution in [3.63, 3.8) is 0 Å². The fourth-order valence-electron chi connectivity index (χ4n) is 2.20. The standard InChI is InChI=1S/C19H32O6/c1-3-4-5-6-7-8-9-17(21)11-13-19(23)25-15-14-24-18(22)12-10-16(2)20/h3-15H2,1-2H3. The molecule has 6 heteroatoms. The summed E-state index contributed by atoms with van der Waals surface area (Å²) in [6, 6.07) is 0. The third-order valence-corrected chi connectivity index (χ3v) is 3.71. The van der Waals surface area contributed by atoms with E-state index >= 15 is 0 Å². The lowest BCUT2D eigenvalue weighted by Crippen LogP contribution is -2.15. The summed E-state index contributed by atoms with van der Waals surface area (Å²) >= 11 is 0. The van der Waals surface area contributed by atoms with Crippen LogP contribution in [0.25, 0.3) is 0 Å². The Morgan fingerprint density at radius 2 is 1.16 bits per heavy atom. The van der Waals surface area contributed by atoms with Gasteiger partial charge in [-0.15, -0.1) is 0 Å². The highest BCUT2D eigenvalue weighted by Gasteiger charge is 2.09. The zero-order valence-electron chi connectivity index (χ0n) is 15.6. The number of hydrogen-bond acceptors (Lipinski definition) is 6. The largest absolute Gasteiger partial charge is 0.462 e. The number of carbonyl (C=O) groups excluding carboxylic acids is 4. The summed E-state index contributed by atoms with van der Waals surface area (Å²) in [4.78, 5) is 45.1. The molecule has 0 aliphatic heterocycles. The van der Waals surface area contributed by atoms with E-state index in [1.165, 1.54) is 26.2 Å². The van der Waals surface area contributed by atoms with E-state index in [2.05, 4.69) is 6.92 Å². The maximum Gasteiger partial charge on any atom is 0.306 e. The van der Waals surface area contributed by atoms with E-state index in [1.54, 1.807) is 0 Å². The predicted octanol–water partition coefficient (Wildman–Crippen LogP) is 3.54. The number of hydrogen-bond donors (Lipinski definition) is 0. The lowest BCUT2D eigenvalue weighted by molar-refractivity contribution is -0.152. The third kappa shape index (κ3) is 16.9. The smallest absolute Gasteiger partial charge is 0.306 e. The van der Waals surface area contributed by atoms with E-state index in [4.69, 9.17) is 9.47 Å². The topological polar surface area (TPSA) is 86.7 Å². The van der Waals surface area contributed by atoms with E-state index in [0.717, 1.165) is 19.3 Å². The van der Waals surface area contributed by atoms with Crippen molar-refractivity contribution < 1.29 is 28.7 Å². The van der Waals surface area contributed by atoms with Gasteiger partial charge in [-0.25, -0.2) is 0 Å². The maximum atomic E-state index is 11.7. The van der Waals surface area contributed by atoms with Crippen LogP contribution in [0.5, 0.6) is 0 Å². The molecule has 0 saturated heterocycles. The first-order chi connectivity index (χ1) is 12.0. The van der Waals surface area contributed by atoms with E-state index in [1.807, 2.05) is 0 Å². The molecule has 0 aromatic rings. The lowest BCUT2D eigenvalue weighted by Gasteiger charge is -2.06. The van der Waals surface area contributed by atoms with Crippen molar-refractivity contribution in [1.82, 2.24) is 0 Å². The molecule has 6 nitrogen and oxygen atoms in total. The number of Topliss-reactive ketones (excluding diaryl/α,β-unsaturated/α-hetero) is 2. The van der Waals surface area contributed by atoms with Gasteiger partial charge in [0, 0.05) is 19.3 Å². The van der Waals surface area contributed by atoms with Crippen molar-refractivity contribution in [2.24, 2.45) is 0 Å². The van der Waals surface area contributed by atoms with Crippen LogP contribution < -0.4 is 0 Å².